The third-order valence-electron chi connectivity index (χ3n) is 3.06. The molecule has 7 heteroatoms. The minimum atomic E-state index is -4.37. The van der Waals surface area contributed by atoms with Gasteiger partial charge in [0.2, 0.25) is 5.91 Å². The van der Waals surface area contributed by atoms with Crippen molar-refractivity contribution in [1.29, 1.82) is 0 Å². The summed E-state index contributed by atoms with van der Waals surface area (Å²) in [5.41, 5.74) is 1.40. The molecule has 0 aromatic heterocycles. The molecule has 2 aromatic carbocycles. The molecule has 0 heterocycles. The first kappa shape index (κ1) is 17.3. The van der Waals surface area contributed by atoms with Gasteiger partial charge in [-0.05, 0) is 64.8 Å². The van der Waals surface area contributed by atoms with Gasteiger partial charge >= 0.3 is 6.18 Å². The monoisotopic (exact) mass is 386 g/mol. The van der Waals surface area contributed by atoms with E-state index in [1.54, 1.807) is 6.07 Å². The fourth-order valence-corrected chi connectivity index (χ4v) is 2.47. The van der Waals surface area contributed by atoms with Gasteiger partial charge in [0, 0.05) is 10.2 Å². The van der Waals surface area contributed by atoms with E-state index in [9.17, 15) is 18.0 Å². The number of amides is 1. The minimum absolute atomic E-state index is 0.0499. The number of halogens is 4. The van der Waals surface area contributed by atoms with Crippen molar-refractivity contribution in [3.63, 3.8) is 0 Å². The molecule has 0 radical (unpaired) electrons. The third-order valence-corrected chi connectivity index (χ3v) is 3.72. The second-order valence-corrected chi connectivity index (χ2v) is 5.81. The van der Waals surface area contributed by atoms with E-state index >= 15 is 0 Å². The first-order valence-corrected chi connectivity index (χ1v) is 7.52. The molecule has 2 aromatic rings. The van der Waals surface area contributed by atoms with Gasteiger partial charge < -0.3 is 10.6 Å². The molecule has 0 aliphatic heterocycles. The van der Waals surface area contributed by atoms with Crippen LogP contribution < -0.4 is 10.6 Å². The van der Waals surface area contributed by atoms with Crippen LogP contribution in [0, 0.1) is 6.92 Å². The summed E-state index contributed by atoms with van der Waals surface area (Å²) in [6.45, 7) is 1.88. The van der Waals surface area contributed by atoms with E-state index in [0.717, 1.165) is 22.2 Å². The standard InChI is InChI=1S/C16H14BrF3N2O/c1-10-2-7-14(13(17)8-10)22-15(23)9-21-12-5-3-11(4-6-12)16(18,19)20/h2-8,21H,9H2,1H3,(H,22,23). The van der Waals surface area contributed by atoms with E-state index in [1.165, 1.54) is 12.1 Å². The number of rotatable bonds is 4. The van der Waals surface area contributed by atoms with Gasteiger partial charge in [0.05, 0.1) is 17.8 Å². The van der Waals surface area contributed by atoms with Crippen LogP contribution in [0.5, 0.6) is 0 Å². The second-order valence-electron chi connectivity index (χ2n) is 4.96. The molecule has 0 saturated heterocycles. The summed E-state index contributed by atoms with van der Waals surface area (Å²) in [6.07, 6.45) is -4.37. The summed E-state index contributed by atoms with van der Waals surface area (Å²) >= 11 is 3.36. The van der Waals surface area contributed by atoms with Crippen LogP contribution in [0.15, 0.2) is 46.9 Å². The van der Waals surface area contributed by atoms with Crippen LogP contribution in [0.4, 0.5) is 24.5 Å². The van der Waals surface area contributed by atoms with Crippen molar-refractivity contribution in [2.75, 3.05) is 17.2 Å². The highest BCUT2D eigenvalue weighted by atomic mass is 79.9. The Morgan fingerprint density at radius 1 is 1.13 bits per heavy atom. The molecule has 0 atom stereocenters. The van der Waals surface area contributed by atoms with Crippen LogP contribution in [0.3, 0.4) is 0 Å². The molecule has 0 aliphatic carbocycles. The van der Waals surface area contributed by atoms with Gasteiger partial charge in [-0.15, -0.1) is 0 Å². The number of nitrogens with one attached hydrogen (secondary N) is 2. The molecule has 122 valence electrons. The van der Waals surface area contributed by atoms with E-state index < -0.39 is 11.7 Å². The lowest BCUT2D eigenvalue weighted by atomic mass is 10.2. The molecule has 0 aliphatic rings. The van der Waals surface area contributed by atoms with Crippen molar-refractivity contribution in [1.82, 2.24) is 0 Å². The third kappa shape index (κ3) is 4.99. The summed E-state index contributed by atoms with van der Waals surface area (Å²) in [6, 6.07) is 10.0. The maximum atomic E-state index is 12.5. The van der Waals surface area contributed by atoms with Gasteiger partial charge in [0.15, 0.2) is 0 Å². The van der Waals surface area contributed by atoms with E-state index in [4.69, 9.17) is 0 Å². The van der Waals surface area contributed by atoms with Crippen molar-refractivity contribution in [3.8, 4) is 0 Å². The van der Waals surface area contributed by atoms with Gasteiger partial charge in [-0.3, -0.25) is 4.79 Å². The first-order valence-electron chi connectivity index (χ1n) is 6.73. The van der Waals surface area contributed by atoms with Gasteiger partial charge in [0.25, 0.3) is 0 Å². The van der Waals surface area contributed by atoms with Gasteiger partial charge in [0.1, 0.15) is 0 Å². The maximum Gasteiger partial charge on any atom is 0.416 e. The predicted octanol–water partition coefficient (Wildman–Crippen LogP) is 4.83. The second kappa shape index (κ2) is 7.04. The average molecular weight is 387 g/mol. The number of hydrogen-bond donors (Lipinski definition) is 2. The molecule has 2 rings (SSSR count). The van der Waals surface area contributed by atoms with Crippen LogP contribution in [-0.2, 0) is 11.0 Å². The molecule has 0 bridgehead atoms. The zero-order valence-electron chi connectivity index (χ0n) is 12.2. The minimum Gasteiger partial charge on any atom is -0.376 e. The molecule has 2 N–H and O–H groups in total. The number of carbonyl (C=O) groups excluding carboxylic acids is 1. The van der Waals surface area contributed by atoms with Crippen LogP contribution in [0.25, 0.3) is 0 Å². The number of alkyl halides is 3. The number of benzene rings is 2. The Balaban J connectivity index is 1.91. The number of anilines is 2. The summed E-state index contributed by atoms with van der Waals surface area (Å²) in [4.78, 5) is 11.9. The van der Waals surface area contributed by atoms with Gasteiger partial charge in [-0.1, -0.05) is 6.07 Å². The molecule has 0 saturated carbocycles. The van der Waals surface area contributed by atoms with Crippen LogP contribution in [0.1, 0.15) is 11.1 Å². The molecule has 23 heavy (non-hydrogen) atoms. The highest BCUT2D eigenvalue weighted by Crippen LogP contribution is 2.29. The molecule has 1 amide bonds. The van der Waals surface area contributed by atoms with Crippen molar-refractivity contribution in [2.45, 2.75) is 13.1 Å². The Hall–Kier alpha value is -2.02. The number of hydrogen-bond acceptors (Lipinski definition) is 2. The summed E-state index contributed by atoms with van der Waals surface area (Å²) in [7, 11) is 0. The Labute approximate surface area is 140 Å². The highest BCUT2D eigenvalue weighted by Gasteiger charge is 2.29. The summed E-state index contributed by atoms with van der Waals surface area (Å²) < 4.78 is 38.1. The first-order chi connectivity index (χ1) is 10.8. The summed E-state index contributed by atoms with van der Waals surface area (Å²) in [5, 5.41) is 5.49. The predicted molar refractivity (Wildman–Crippen MR) is 87.4 cm³/mol. The smallest absolute Gasteiger partial charge is 0.376 e. The Bertz CT molecular complexity index is 699. The number of carbonyl (C=O) groups is 1. The van der Waals surface area contributed by atoms with E-state index in [1.807, 2.05) is 19.1 Å². The Morgan fingerprint density at radius 2 is 1.78 bits per heavy atom. The van der Waals surface area contributed by atoms with Crippen molar-refractivity contribution in [3.05, 3.63) is 58.1 Å². The molecule has 0 spiro atoms. The average Bonchev–Trinajstić information content (AvgIpc) is 2.47. The Kier molecular flexibility index (Phi) is 5.30. The largest absolute Gasteiger partial charge is 0.416 e. The van der Waals surface area contributed by atoms with E-state index in [2.05, 4.69) is 26.6 Å². The van der Waals surface area contributed by atoms with Crippen molar-refractivity contribution in [2.24, 2.45) is 0 Å². The lowest BCUT2D eigenvalue weighted by Crippen LogP contribution is -2.22. The van der Waals surface area contributed by atoms with Crippen molar-refractivity contribution < 1.29 is 18.0 Å². The van der Waals surface area contributed by atoms with E-state index in [-0.39, 0.29) is 12.5 Å². The van der Waals surface area contributed by atoms with Gasteiger partial charge in [-0.25, -0.2) is 0 Å². The topological polar surface area (TPSA) is 41.1 Å². The number of aryl methyl sites for hydroxylation is 1. The fraction of sp³-hybridized carbons (Fsp3) is 0.188. The van der Waals surface area contributed by atoms with Gasteiger partial charge in [-0.2, -0.15) is 13.2 Å². The highest BCUT2D eigenvalue weighted by molar-refractivity contribution is 9.10. The quantitative estimate of drug-likeness (QED) is 0.790. The fourth-order valence-electron chi connectivity index (χ4n) is 1.88. The zero-order chi connectivity index (χ0) is 17.0. The molecular formula is C16H14BrF3N2O. The SMILES string of the molecule is Cc1ccc(NC(=O)CNc2ccc(C(F)(F)F)cc2)c(Br)c1. The zero-order valence-corrected chi connectivity index (χ0v) is 13.8. The van der Waals surface area contributed by atoms with Crippen LogP contribution in [-0.4, -0.2) is 12.5 Å². The maximum absolute atomic E-state index is 12.5. The van der Waals surface area contributed by atoms with Crippen LogP contribution in [0.2, 0.25) is 0 Å². The molecule has 3 nitrogen and oxygen atoms in total. The lowest BCUT2D eigenvalue weighted by molar-refractivity contribution is -0.137. The Morgan fingerprint density at radius 3 is 2.35 bits per heavy atom. The summed E-state index contributed by atoms with van der Waals surface area (Å²) in [5.74, 6) is -0.297. The van der Waals surface area contributed by atoms with Crippen LogP contribution >= 0.6 is 15.9 Å². The lowest BCUT2D eigenvalue weighted by Gasteiger charge is -2.11. The molecule has 0 unspecified atom stereocenters. The normalized spacial score (nSPS) is 11.2. The van der Waals surface area contributed by atoms with Crippen molar-refractivity contribution >= 4 is 33.2 Å². The molecular weight excluding hydrogens is 373 g/mol. The van der Waals surface area contributed by atoms with E-state index in [0.29, 0.717) is 11.4 Å². The molecule has 0 fully saturated rings.